The molecular formula is C7H10N2OS. The van der Waals surface area contributed by atoms with Crippen molar-refractivity contribution in [3.05, 3.63) is 11.1 Å². The highest BCUT2D eigenvalue weighted by molar-refractivity contribution is 7.13. The maximum atomic E-state index is 10.7. The predicted molar refractivity (Wildman–Crippen MR) is 46.0 cm³/mol. The fourth-order valence-corrected chi connectivity index (χ4v) is 1.43. The van der Waals surface area contributed by atoms with Gasteiger partial charge in [-0.25, -0.2) is 4.98 Å². The van der Waals surface area contributed by atoms with Gasteiger partial charge in [0.05, 0.1) is 5.69 Å². The average molecular weight is 170 g/mol. The highest BCUT2D eigenvalue weighted by atomic mass is 32.1. The largest absolute Gasteiger partial charge is 0.365 e. The van der Waals surface area contributed by atoms with Crippen LogP contribution in [0.15, 0.2) is 5.38 Å². The summed E-state index contributed by atoms with van der Waals surface area (Å²) in [5.41, 5.74) is 0.854. The summed E-state index contributed by atoms with van der Waals surface area (Å²) in [5.74, 6) is 0.151. The summed E-state index contributed by atoms with van der Waals surface area (Å²) >= 11 is 1.52. The molecule has 0 saturated carbocycles. The normalized spacial score (nSPS) is 9.64. The molecule has 3 nitrogen and oxygen atoms in total. The lowest BCUT2D eigenvalue weighted by atomic mass is 10.3. The van der Waals surface area contributed by atoms with Crippen molar-refractivity contribution >= 4 is 22.3 Å². The van der Waals surface area contributed by atoms with Crippen LogP contribution in [0.5, 0.6) is 0 Å². The Kier molecular flexibility index (Phi) is 2.59. The van der Waals surface area contributed by atoms with Crippen LogP contribution >= 0.6 is 11.3 Å². The zero-order valence-corrected chi connectivity index (χ0v) is 7.36. The molecule has 0 aliphatic rings. The van der Waals surface area contributed by atoms with Crippen LogP contribution in [0.25, 0.3) is 0 Å². The van der Waals surface area contributed by atoms with Crippen molar-refractivity contribution in [2.75, 3.05) is 12.4 Å². The van der Waals surface area contributed by atoms with Crippen molar-refractivity contribution < 1.29 is 4.79 Å². The number of nitrogens with one attached hydrogen (secondary N) is 1. The molecule has 0 unspecified atom stereocenters. The lowest BCUT2D eigenvalue weighted by molar-refractivity contribution is -0.116. The Labute approximate surface area is 69.5 Å². The highest BCUT2D eigenvalue weighted by Crippen LogP contribution is 2.14. The summed E-state index contributed by atoms with van der Waals surface area (Å²) < 4.78 is 0. The summed E-state index contributed by atoms with van der Waals surface area (Å²) in [6, 6.07) is 0. The van der Waals surface area contributed by atoms with E-state index in [9.17, 15) is 4.79 Å². The van der Waals surface area contributed by atoms with Crippen LogP contribution in [-0.2, 0) is 11.2 Å². The Balaban J connectivity index is 2.65. The lowest BCUT2D eigenvalue weighted by Gasteiger charge is -1.89. The zero-order chi connectivity index (χ0) is 8.27. The number of carbonyl (C=O) groups excluding carboxylic acids is 1. The first-order chi connectivity index (χ1) is 5.22. The molecule has 0 fully saturated rings. The molecule has 60 valence electrons. The molecular weight excluding hydrogens is 160 g/mol. The van der Waals surface area contributed by atoms with Crippen molar-refractivity contribution in [2.45, 2.75) is 13.3 Å². The van der Waals surface area contributed by atoms with E-state index in [-0.39, 0.29) is 5.78 Å². The van der Waals surface area contributed by atoms with Crippen LogP contribution in [0.4, 0.5) is 5.13 Å². The van der Waals surface area contributed by atoms with Gasteiger partial charge in [0.2, 0.25) is 0 Å². The standard InChI is InChI=1S/C7H10N2OS/c1-5(10)3-6-4-11-7(8-2)9-6/h4H,3H2,1-2H3,(H,8,9). The molecule has 0 aliphatic heterocycles. The van der Waals surface area contributed by atoms with Crippen LogP contribution in [0.1, 0.15) is 12.6 Å². The van der Waals surface area contributed by atoms with E-state index in [1.807, 2.05) is 12.4 Å². The Morgan fingerprint density at radius 2 is 2.55 bits per heavy atom. The molecule has 0 saturated heterocycles. The molecule has 0 aliphatic carbocycles. The number of hydrogen-bond donors (Lipinski definition) is 1. The first-order valence-electron chi connectivity index (χ1n) is 3.34. The highest BCUT2D eigenvalue weighted by Gasteiger charge is 2.01. The predicted octanol–water partition coefficient (Wildman–Crippen LogP) is 1.32. The van der Waals surface area contributed by atoms with Crippen LogP contribution < -0.4 is 5.32 Å². The Morgan fingerprint density at radius 1 is 1.82 bits per heavy atom. The Hall–Kier alpha value is -0.900. The molecule has 1 rings (SSSR count). The maximum Gasteiger partial charge on any atom is 0.182 e. The number of ketones is 1. The number of nitrogens with zero attached hydrogens (tertiary/aromatic N) is 1. The van der Waals surface area contributed by atoms with Gasteiger partial charge < -0.3 is 5.32 Å². The monoisotopic (exact) mass is 170 g/mol. The first-order valence-corrected chi connectivity index (χ1v) is 4.22. The van der Waals surface area contributed by atoms with Gasteiger partial charge in [0.15, 0.2) is 5.13 Å². The second kappa shape index (κ2) is 3.48. The van der Waals surface area contributed by atoms with Crippen molar-refractivity contribution in [3.8, 4) is 0 Å². The minimum absolute atomic E-state index is 0.151. The lowest BCUT2D eigenvalue weighted by Crippen LogP contribution is -1.96. The van der Waals surface area contributed by atoms with Gasteiger partial charge in [-0.05, 0) is 6.92 Å². The number of anilines is 1. The first kappa shape index (κ1) is 8.20. The summed E-state index contributed by atoms with van der Waals surface area (Å²) in [6.07, 6.45) is 0.443. The fraction of sp³-hybridized carbons (Fsp3) is 0.429. The summed E-state index contributed by atoms with van der Waals surface area (Å²) in [4.78, 5) is 14.8. The molecule has 0 radical (unpaired) electrons. The molecule has 11 heavy (non-hydrogen) atoms. The number of aromatic nitrogens is 1. The number of hydrogen-bond acceptors (Lipinski definition) is 4. The SMILES string of the molecule is CNc1nc(CC(C)=O)cs1. The third kappa shape index (κ3) is 2.31. The minimum Gasteiger partial charge on any atom is -0.365 e. The molecule has 1 aromatic rings. The van der Waals surface area contributed by atoms with E-state index >= 15 is 0 Å². The second-order valence-electron chi connectivity index (χ2n) is 2.27. The van der Waals surface area contributed by atoms with Gasteiger partial charge >= 0.3 is 0 Å². The molecule has 0 atom stereocenters. The van der Waals surface area contributed by atoms with E-state index in [0.29, 0.717) is 6.42 Å². The fourth-order valence-electron chi connectivity index (χ4n) is 0.758. The number of Topliss-reactive ketones (excluding diaryl/α,β-unsaturated/α-hetero) is 1. The van der Waals surface area contributed by atoms with Crippen LogP contribution in [0, 0.1) is 0 Å². The van der Waals surface area contributed by atoms with E-state index in [4.69, 9.17) is 0 Å². The summed E-state index contributed by atoms with van der Waals surface area (Å²) in [6.45, 7) is 1.57. The molecule has 4 heteroatoms. The van der Waals surface area contributed by atoms with Crippen molar-refractivity contribution in [3.63, 3.8) is 0 Å². The number of carbonyl (C=O) groups is 1. The molecule has 0 aromatic carbocycles. The average Bonchev–Trinajstić information content (AvgIpc) is 2.34. The van der Waals surface area contributed by atoms with Crippen molar-refractivity contribution in [2.24, 2.45) is 0 Å². The zero-order valence-electron chi connectivity index (χ0n) is 6.55. The number of thiazole rings is 1. The van der Waals surface area contributed by atoms with Gasteiger partial charge in [0.1, 0.15) is 5.78 Å². The van der Waals surface area contributed by atoms with Gasteiger partial charge in [0, 0.05) is 18.8 Å². The summed E-state index contributed by atoms with van der Waals surface area (Å²) in [7, 11) is 1.82. The van der Waals surface area contributed by atoms with E-state index in [2.05, 4.69) is 10.3 Å². The molecule has 0 spiro atoms. The van der Waals surface area contributed by atoms with Crippen molar-refractivity contribution in [1.29, 1.82) is 0 Å². The molecule has 0 amide bonds. The van der Waals surface area contributed by atoms with Gasteiger partial charge in [0.25, 0.3) is 0 Å². The van der Waals surface area contributed by atoms with E-state index in [1.165, 1.54) is 11.3 Å². The minimum atomic E-state index is 0.151. The van der Waals surface area contributed by atoms with Gasteiger partial charge in [-0.1, -0.05) is 0 Å². The topological polar surface area (TPSA) is 42.0 Å². The van der Waals surface area contributed by atoms with Crippen LogP contribution in [-0.4, -0.2) is 17.8 Å². The smallest absolute Gasteiger partial charge is 0.182 e. The second-order valence-corrected chi connectivity index (χ2v) is 3.13. The van der Waals surface area contributed by atoms with Gasteiger partial charge in [-0.2, -0.15) is 0 Å². The summed E-state index contributed by atoms with van der Waals surface area (Å²) in [5, 5.41) is 5.68. The van der Waals surface area contributed by atoms with E-state index in [1.54, 1.807) is 6.92 Å². The Bertz CT molecular complexity index is 257. The molecule has 1 aromatic heterocycles. The maximum absolute atomic E-state index is 10.7. The van der Waals surface area contributed by atoms with E-state index < -0.39 is 0 Å². The molecule has 1 N–H and O–H groups in total. The van der Waals surface area contributed by atoms with Crippen LogP contribution in [0.3, 0.4) is 0 Å². The third-order valence-corrected chi connectivity index (χ3v) is 2.10. The van der Waals surface area contributed by atoms with E-state index in [0.717, 1.165) is 10.8 Å². The van der Waals surface area contributed by atoms with Gasteiger partial charge in [-0.3, -0.25) is 4.79 Å². The number of rotatable bonds is 3. The van der Waals surface area contributed by atoms with Crippen LogP contribution in [0.2, 0.25) is 0 Å². The third-order valence-electron chi connectivity index (χ3n) is 1.20. The van der Waals surface area contributed by atoms with Crippen molar-refractivity contribution in [1.82, 2.24) is 4.98 Å². The quantitative estimate of drug-likeness (QED) is 0.743. The van der Waals surface area contributed by atoms with Gasteiger partial charge in [-0.15, -0.1) is 11.3 Å². The molecule has 0 bridgehead atoms. The Morgan fingerprint density at radius 3 is 3.00 bits per heavy atom. The molecule has 1 heterocycles.